The zero-order valence-electron chi connectivity index (χ0n) is 12.2. The van der Waals surface area contributed by atoms with Crippen LogP contribution in [0.25, 0.3) is 0 Å². The third-order valence-electron chi connectivity index (χ3n) is 4.72. The van der Waals surface area contributed by atoms with Crippen LogP contribution in [-0.2, 0) is 5.60 Å². The van der Waals surface area contributed by atoms with Crippen LogP contribution in [0, 0.1) is 17.8 Å². The van der Waals surface area contributed by atoms with Crippen molar-refractivity contribution in [3.63, 3.8) is 0 Å². The van der Waals surface area contributed by atoms with Crippen molar-refractivity contribution in [2.24, 2.45) is 17.8 Å². The van der Waals surface area contributed by atoms with Gasteiger partial charge in [0.1, 0.15) is 0 Å². The molecule has 0 spiro atoms. The smallest absolute Gasteiger partial charge is 0.0922 e. The minimum Gasteiger partial charge on any atom is -0.385 e. The van der Waals surface area contributed by atoms with Gasteiger partial charge in [-0.25, -0.2) is 0 Å². The van der Waals surface area contributed by atoms with Gasteiger partial charge in [-0.3, -0.25) is 0 Å². The van der Waals surface area contributed by atoms with Crippen molar-refractivity contribution in [2.45, 2.75) is 52.1 Å². The van der Waals surface area contributed by atoms with E-state index >= 15 is 0 Å². The Balaban J connectivity index is 2.31. The summed E-state index contributed by atoms with van der Waals surface area (Å²) in [7, 11) is 0. The van der Waals surface area contributed by atoms with Crippen molar-refractivity contribution in [3.05, 3.63) is 34.3 Å². The molecule has 1 aliphatic carbocycles. The fourth-order valence-corrected chi connectivity index (χ4v) is 4.22. The van der Waals surface area contributed by atoms with E-state index in [4.69, 9.17) is 0 Å². The molecule has 2 rings (SSSR count). The molecular formula is C17H25BrO. The maximum Gasteiger partial charge on any atom is 0.0922 e. The average Bonchev–Trinajstić information content (AvgIpc) is 2.36. The van der Waals surface area contributed by atoms with Crippen molar-refractivity contribution in [1.82, 2.24) is 0 Å². The molecule has 19 heavy (non-hydrogen) atoms. The van der Waals surface area contributed by atoms with Gasteiger partial charge < -0.3 is 5.11 Å². The van der Waals surface area contributed by atoms with Gasteiger partial charge in [0.2, 0.25) is 0 Å². The third-order valence-corrected chi connectivity index (χ3v) is 5.21. The molecule has 3 atom stereocenters. The molecule has 1 aromatic carbocycles. The summed E-state index contributed by atoms with van der Waals surface area (Å²) < 4.78 is 1.05. The minimum atomic E-state index is -0.674. The van der Waals surface area contributed by atoms with E-state index in [1.165, 1.54) is 6.42 Å². The van der Waals surface area contributed by atoms with Crippen LogP contribution in [0.4, 0.5) is 0 Å². The van der Waals surface area contributed by atoms with Gasteiger partial charge >= 0.3 is 0 Å². The molecule has 1 aromatic rings. The number of hydrogen-bond acceptors (Lipinski definition) is 1. The maximum atomic E-state index is 11.3. The molecule has 0 aromatic heterocycles. The first-order chi connectivity index (χ1) is 8.95. The molecule has 0 bridgehead atoms. The molecule has 0 aliphatic heterocycles. The van der Waals surface area contributed by atoms with Gasteiger partial charge in [-0.1, -0.05) is 48.8 Å². The first-order valence-electron chi connectivity index (χ1n) is 7.44. The summed E-state index contributed by atoms with van der Waals surface area (Å²) in [5, 5.41) is 11.3. The summed E-state index contributed by atoms with van der Waals surface area (Å²) in [4.78, 5) is 0. The molecule has 0 saturated heterocycles. The highest BCUT2D eigenvalue weighted by atomic mass is 79.9. The fraction of sp³-hybridized carbons (Fsp3) is 0.647. The predicted octanol–water partition coefficient (Wildman–Crippen LogP) is 5.12. The Morgan fingerprint density at radius 1 is 1.21 bits per heavy atom. The van der Waals surface area contributed by atoms with Crippen molar-refractivity contribution >= 4 is 15.9 Å². The van der Waals surface area contributed by atoms with Crippen molar-refractivity contribution in [3.8, 4) is 0 Å². The van der Waals surface area contributed by atoms with Crippen molar-refractivity contribution < 1.29 is 5.11 Å². The Labute approximate surface area is 125 Å². The lowest BCUT2D eigenvalue weighted by molar-refractivity contribution is -0.0574. The van der Waals surface area contributed by atoms with Crippen molar-refractivity contribution in [2.75, 3.05) is 0 Å². The third kappa shape index (κ3) is 3.22. The number of halogens is 1. The number of aliphatic hydroxyl groups is 1. The lowest BCUT2D eigenvalue weighted by Crippen LogP contribution is -2.39. The van der Waals surface area contributed by atoms with E-state index in [1.807, 2.05) is 12.1 Å². The van der Waals surface area contributed by atoms with Crippen LogP contribution >= 0.6 is 15.9 Å². The Morgan fingerprint density at radius 2 is 1.84 bits per heavy atom. The summed E-state index contributed by atoms with van der Waals surface area (Å²) in [6.07, 6.45) is 4.37. The topological polar surface area (TPSA) is 20.2 Å². The first-order valence-corrected chi connectivity index (χ1v) is 8.23. The lowest BCUT2D eigenvalue weighted by atomic mass is 9.66. The maximum absolute atomic E-state index is 11.3. The van der Waals surface area contributed by atoms with E-state index in [0.29, 0.717) is 5.92 Å². The molecule has 1 fully saturated rings. The molecule has 0 amide bonds. The summed E-state index contributed by atoms with van der Waals surface area (Å²) in [5.74, 6) is 1.82. The first kappa shape index (κ1) is 15.1. The number of rotatable bonds is 3. The van der Waals surface area contributed by atoms with Gasteiger partial charge in [0, 0.05) is 4.47 Å². The van der Waals surface area contributed by atoms with E-state index < -0.39 is 5.60 Å². The molecule has 0 heterocycles. The zero-order valence-corrected chi connectivity index (χ0v) is 13.8. The Morgan fingerprint density at radius 3 is 2.37 bits per heavy atom. The number of benzene rings is 1. The number of hydrogen-bond donors (Lipinski definition) is 1. The summed E-state index contributed by atoms with van der Waals surface area (Å²) >= 11 is 3.52. The van der Waals surface area contributed by atoms with Crippen LogP contribution in [0.15, 0.2) is 28.7 Å². The molecule has 3 unspecified atom stereocenters. The standard InChI is InChI=1S/C17H25BrO/c1-4-17(19,14-6-5-7-16(18)11-14)15-9-12(2)8-13(3)10-15/h5-7,11-13,15,19H,4,8-10H2,1-3H3. The molecule has 2 heteroatoms. The summed E-state index contributed by atoms with van der Waals surface area (Å²) in [6.45, 7) is 6.74. The van der Waals surface area contributed by atoms with Gasteiger partial charge in [0.05, 0.1) is 5.60 Å². The van der Waals surface area contributed by atoms with E-state index in [1.54, 1.807) is 0 Å². The van der Waals surface area contributed by atoms with Gasteiger partial charge in [-0.05, 0) is 61.1 Å². The Hall–Kier alpha value is -0.340. The van der Waals surface area contributed by atoms with Crippen LogP contribution in [0.5, 0.6) is 0 Å². The van der Waals surface area contributed by atoms with Crippen LogP contribution in [0.1, 0.15) is 52.0 Å². The normalized spacial score (nSPS) is 30.9. The van der Waals surface area contributed by atoms with Gasteiger partial charge in [0.25, 0.3) is 0 Å². The second-order valence-corrected chi connectivity index (χ2v) is 7.32. The summed E-state index contributed by atoms with van der Waals surface area (Å²) in [6, 6.07) is 8.19. The van der Waals surface area contributed by atoms with Crippen LogP contribution in [0.3, 0.4) is 0 Å². The van der Waals surface area contributed by atoms with Gasteiger partial charge in [-0.15, -0.1) is 0 Å². The molecule has 0 radical (unpaired) electrons. The monoisotopic (exact) mass is 324 g/mol. The van der Waals surface area contributed by atoms with E-state index in [2.05, 4.69) is 48.8 Å². The molecule has 1 nitrogen and oxygen atoms in total. The van der Waals surface area contributed by atoms with Crippen LogP contribution in [0.2, 0.25) is 0 Å². The minimum absolute atomic E-state index is 0.380. The SMILES string of the molecule is CCC(O)(c1cccc(Br)c1)C1CC(C)CC(C)C1. The molecule has 1 saturated carbocycles. The van der Waals surface area contributed by atoms with Gasteiger partial charge in [0.15, 0.2) is 0 Å². The Kier molecular flexibility index (Phi) is 4.73. The fourth-order valence-electron chi connectivity index (χ4n) is 3.82. The van der Waals surface area contributed by atoms with E-state index in [9.17, 15) is 5.11 Å². The zero-order chi connectivity index (χ0) is 14.0. The second kappa shape index (κ2) is 5.97. The molecule has 1 aliphatic rings. The molecule has 1 N–H and O–H groups in total. The Bertz CT molecular complexity index is 421. The molecular weight excluding hydrogens is 300 g/mol. The predicted molar refractivity (Wildman–Crippen MR) is 84.0 cm³/mol. The highest BCUT2D eigenvalue weighted by molar-refractivity contribution is 9.10. The average molecular weight is 325 g/mol. The quantitative estimate of drug-likeness (QED) is 0.818. The second-order valence-electron chi connectivity index (χ2n) is 6.40. The van der Waals surface area contributed by atoms with Crippen molar-refractivity contribution in [1.29, 1.82) is 0 Å². The van der Waals surface area contributed by atoms with Crippen LogP contribution in [-0.4, -0.2) is 5.11 Å². The highest BCUT2D eigenvalue weighted by Gasteiger charge is 2.40. The lowest BCUT2D eigenvalue weighted by Gasteiger charge is -2.42. The van der Waals surface area contributed by atoms with Gasteiger partial charge in [-0.2, -0.15) is 0 Å². The van der Waals surface area contributed by atoms with Crippen LogP contribution < -0.4 is 0 Å². The molecule has 106 valence electrons. The largest absolute Gasteiger partial charge is 0.385 e. The highest BCUT2D eigenvalue weighted by Crippen LogP contribution is 2.45. The van der Waals surface area contributed by atoms with E-state index in [0.717, 1.165) is 41.1 Å². The van der Waals surface area contributed by atoms with E-state index in [-0.39, 0.29) is 0 Å². The summed E-state index contributed by atoms with van der Waals surface area (Å²) in [5.41, 5.74) is 0.392.